The number of pyridine rings is 1. The van der Waals surface area contributed by atoms with Crippen LogP contribution in [-0.4, -0.2) is 41.9 Å². The van der Waals surface area contributed by atoms with Gasteiger partial charge in [0.25, 0.3) is 0 Å². The molecular formula is C27H27ClFN2O3+. The highest BCUT2D eigenvalue weighted by atomic mass is 35.5. The number of quaternary nitrogens is 1. The molecule has 5 atom stereocenters. The molecule has 0 saturated carbocycles. The van der Waals surface area contributed by atoms with Crippen LogP contribution < -0.4 is 4.74 Å². The van der Waals surface area contributed by atoms with E-state index in [1.165, 1.54) is 0 Å². The molecule has 0 spiro atoms. The quantitative estimate of drug-likeness (QED) is 0.243. The van der Waals surface area contributed by atoms with Crippen molar-refractivity contribution in [1.29, 1.82) is 0 Å². The number of benzene rings is 2. The van der Waals surface area contributed by atoms with E-state index in [1.54, 1.807) is 37.6 Å². The van der Waals surface area contributed by atoms with Gasteiger partial charge in [0, 0.05) is 40.9 Å². The van der Waals surface area contributed by atoms with Gasteiger partial charge >= 0.3 is 5.97 Å². The van der Waals surface area contributed by atoms with Crippen molar-refractivity contribution < 1.29 is 23.5 Å². The van der Waals surface area contributed by atoms with Gasteiger partial charge < -0.3 is 9.47 Å². The second-order valence-electron chi connectivity index (χ2n) is 9.20. The van der Waals surface area contributed by atoms with E-state index in [-0.39, 0.29) is 5.92 Å². The molecule has 4 heterocycles. The van der Waals surface area contributed by atoms with Crippen molar-refractivity contribution in [1.82, 2.24) is 4.98 Å². The van der Waals surface area contributed by atoms with Crippen LogP contribution in [0.2, 0.25) is 5.02 Å². The molecule has 6 rings (SSSR count). The number of hydrogen-bond acceptors (Lipinski definition) is 4. The minimum Gasteiger partial charge on any atom is -0.497 e. The van der Waals surface area contributed by atoms with Gasteiger partial charge in [-0.2, -0.15) is 0 Å². The van der Waals surface area contributed by atoms with E-state index in [9.17, 15) is 4.79 Å². The fraction of sp³-hybridized carbons (Fsp3) is 0.333. The van der Waals surface area contributed by atoms with Crippen LogP contribution in [0, 0.1) is 11.8 Å². The molecule has 2 bridgehead atoms. The Kier molecular flexibility index (Phi) is 6.04. The summed E-state index contributed by atoms with van der Waals surface area (Å²) < 4.78 is 27.4. The second-order valence-corrected chi connectivity index (χ2v) is 9.64. The van der Waals surface area contributed by atoms with Crippen LogP contribution in [0.1, 0.15) is 34.9 Å². The molecule has 2 aromatic carbocycles. The summed E-state index contributed by atoms with van der Waals surface area (Å²) in [5.74, 6) is 0.587. The van der Waals surface area contributed by atoms with Crippen molar-refractivity contribution in [3.8, 4) is 5.75 Å². The van der Waals surface area contributed by atoms with Crippen LogP contribution >= 0.6 is 11.6 Å². The average molecular weight is 482 g/mol. The Bertz CT molecular complexity index is 1230. The molecule has 3 fully saturated rings. The summed E-state index contributed by atoms with van der Waals surface area (Å²) in [6, 6.07) is 13.4. The number of piperidine rings is 3. The van der Waals surface area contributed by atoms with E-state index in [2.05, 4.69) is 11.6 Å². The van der Waals surface area contributed by atoms with E-state index >= 15 is 4.48 Å². The zero-order valence-corrected chi connectivity index (χ0v) is 19.7. The summed E-state index contributed by atoms with van der Waals surface area (Å²) >= 11 is 5.99. The fourth-order valence-corrected chi connectivity index (χ4v) is 5.68. The molecule has 0 unspecified atom stereocenters. The predicted molar refractivity (Wildman–Crippen MR) is 129 cm³/mol. The first kappa shape index (κ1) is 22.8. The van der Waals surface area contributed by atoms with E-state index < -0.39 is 22.8 Å². The third kappa shape index (κ3) is 4.05. The molecular weight excluding hydrogens is 455 g/mol. The summed E-state index contributed by atoms with van der Waals surface area (Å²) in [6.07, 6.45) is 4.16. The van der Waals surface area contributed by atoms with Gasteiger partial charge in [-0.05, 0) is 58.9 Å². The lowest BCUT2D eigenvalue weighted by Crippen LogP contribution is -2.64. The highest BCUT2D eigenvalue weighted by molar-refractivity contribution is 6.30. The Hall–Kier alpha value is -2.96. The van der Waals surface area contributed by atoms with Gasteiger partial charge in [0.2, 0.25) is 0 Å². The van der Waals surface area contributed by atoms with Crippen LogP contribution in [0.15, 0.2) is 67.4 Å². The minimum atomic E-state index is -0.792. The largest absolute Gasteiger partial charge is 0.497 e. The number of fused-ring (bicyclic) bond motifs is 4. The van der Waals surface area contributed by atoms with Gasteiger partial charge in [0.1, 0.15) is 18.8 Å². The van der Waals surface area contributed by atoms with Crippen molar-refractivity contribution >= 4 is 28.5 Å². The molecule has 0 amide bonds. The van der Waals surface area contributed by atoms with Gasteiger partial charge in [-0.15, -0.1) is 11.3 Å². The highest BCUT2D eigenvalue weighted by Crippen LogP contribution is 2.48. The van der Waals surface area contributed by atoms with Gasteiger partial charge in [0.15, 0.2) is 12.1 Å². The number of halogens is 2. The van der Waals surface area contributed by atoms with Crippen LogP contribution in [0.3, 0.4) is 0 Å². The van der Waals surface area contributed by atoms with Crippen molar-refractivity contribution in [2.45, 2.75) is 25.0 Å². The third-order valence-electron chi connectivity index (χ3n) is 7.39. The summed E-state index contributed by atoms with van der Waals surface area (Å²) in [5, 5.41) is 1.31. The molecule has 0 N–H and O–H groups in total. The number of ether oxygens (including phenoxy) is 2. The van der Waals surface area contributed by atoms with Crippen molar-refractivity contribution in [2.75, 3.05) is 20.2 Å². The number of esters is 1. The molecule has 34 heavy (non-hydrogen) atoms. The summed E-state index contributed by atoms with van der Waals surface area (Å²) in [7, 11) is 1.60. The standard InChI is InChI=1S/C27H27ClFN2O3/c1-3-17-16-31(29)13-11-19(17)14-25(31)26(34-27(32)18-4-6-20(28)7-5-18)22-10-12-30-24-9-8-21(33-2)15-23(22)24/h3-10,12,15,17,19,25-26H,1,11,13-14,16H2,2H3/q+1/t17-,19-,25+,26-,31+/m0/s1. The lowest BCUT2D eigenvalue weighted by Gasteiger charge is -2.50. The zero-order valence-electron chi connectivity index (χ0n) is 19.0. The molecule has 176 valence electrons. The Morgan fingerprint density at radius 3 is 2.76 bits per heavy atom. The first-order chi connectivity index (χ1) is 16.4. The van der Waals surface area contributed by atoms with Crippen LogP contribution in [-0.2, 0) is 4.74 Å². The number of aromatic nitrogens is 1. The second kappa shape index (κ2) is 9.01. The van der Waals surface area contributed by atoms with E-state index in [0.717, 1.165) is 22.9 Å². The van der Waals surface area contributed by atoms with Gasteiger partial charge in [-0.3, -0.25) is 4.98 Å². The Morgan fingerprint density at radius 1 is 1.26 bits per heavy atom. The molecule has 7 heteroatoms. The number of methoxy groups -OCH3 is 1. The summed E-state index contributed by atoms with van der Waals surface area (Å²) in [4.78, 5) is 17.7. The van der Waals surface area contributed by atoms with Crippen LogP contribution in [0.5, 0.6) is 5.75 Å². The predicted octanol–water partition coefficient (Wildman–Crippen LogP) is 6.09. The monoisotopic (exact) mass is 481 g/mol. The van der Waals surface area contributed by atoms with E-state index in [4.69, 9.17) is 21.1 Å². The van der Waals surface area contributed by atoms with Gasteiger partial charge in [-0.25, -0.2) is 4.79 Å². The first-order valence-corrected chi connectivity index (χ1v) is 11.9. The third-order valence-corrected chi connectivity index (χ3v) is 7.64. The molecule has 0 aliphatic carbocycles. The Balaban J connectivity index is 1.60. The summed E-state index contributed by atoms with van der Waals surface area (Å²) in [5.41, 5.74) is 1.83. The first-order valence-electron chi connectivity index (χ1n) is 11.5. The highest BCUT2D eigenvalue weighted by Gasteiger charge is 2.57. The van der Waals surface area contributed by atoms with Gasteiger partial charge in [-0.1, -0.05) is 17.7 Å². The molecule has 3 aromatic rings. The van der Waals surface area contributed by atoms with Crippen molar-refractivity contribution in [2.24, 2.45) is 11.8 Å². The van der Waals surface area contributed by atoms with Crippen molar-refractivity contribution in [3.63, 3.8) is 0 Å². The lowest BCUT2D eigenvalue weighted by molar-refractivity contribution is -1.09. The molecule has 3 aliphatic heterocycles. The molecule has 0 radical (unpaired) electrons. The van der Waals surface area contributed by atoms with Crippen LogP contribution in [0.25, 0.3) is 10.9 Å². The SMILES string of the molecule is C=C[C@H]1C[N@+]2(F)CC[C@H]1C[C@@H]2[C@@H](OC(=O)c1ccc(Cl)cc1)c1ccnc2ccc(OC)cc12. The maximum Gasteiger partial charge on any atom is 0.338 e. The maximum atomic E-state index is 16.5. The normalized spacial score (nSPS) is 26.7. The topological polar surface area (TPSA) is 48.4 Å². The smallest absolute Gasteiger partial charge is 0.338 e. The molecule has 3 aliphatic rings. The number of carbonyl (C=O) groups excluding carboxylic acids is 1. The number of nitrogens with zero attached hydrogens (tertiary/aromatic N) is 2. The maximum absolute atomic E-state index is 16.5. The summed E-state index contributed by atoms with van der Waals surface area (Å²) in [6.45, 7) is 4.67. The minimum absolute atomic E-state index is 0.122. The number of carbonyl (C=O) groups is 1. The lowest BCUT2D eigenvalue weighted by atomic mass is 9.73. The van der Waals surface area contributed by atoms with Gasteiger partial charge in [0.05, 0.1) is 18.2 Å². The Labute approximate surface area is 203 Å². The van der Waals surface area contributed by atoms with Crippen LogP contribution in [0.4, 0.5) is 4.48 Å². The van der Waals surface area contributed by atoms with E-state index in [0.29, 0.717) is 41.8 Å². The molecule has 5 nitrogen and oxygen atoms in total. The fourth-order valence-electron chi connectivity index (χ4n) is 5.55. The Morgan fingerprint density at radius 2 is 2.06 bits per heavy atom. The average Bonchev–Trinajstić information content (AvgIpc) is 2.86. The van der Waals surface area contributed by atoms with E-state index in [1.807, 2.05) is 30.3 Å². The molecule has 1 aromatic heterocycles. The molecule has 3 saturated heterocycles. The zero-order chi connectivity index (χ0) is 23.9. The van der Waals surface area contributed by atoms with Crippen molar-refractivity contribution in [3.05, 3.63) is 83.5 Å². The number of rotatable bonds is 6. The number of hydrogen-bond donors (Lipinski definition) is 0.